The molecule has 0 aromatic rings. The number of aliphatic carboxylic acids is 1. The van der Waals surface area contributed by atoms with Crippen molar-refractivity contribution in [1.29, 1.82) is 0 Å². The number of aliphatic hydroxyl groups excluding tert-OH is 1. The van der Waals surface area contributed by atoms with E-state index in [9.17, 15) is 4.79 Å². The topological polar surface area (TPSA) is 74.1 Å². The van der Waals surface area contributed by atoms with Gasteiger partial charge in [-0.1, -0.05) is 0 Å². The summed E-state index contributed by atoms with van der Waals surface area (Å²) in [6.07, 6.45) is -0.0406. The molecule has 0 amide bonds. The van der Waals surface area contributed by atoms with Crippen molar-refractivity contribution < 1.29 is 20.3 Å². The summed E-state index contributed by atoms with van der Waals surface area (Å²) in [5.74, 6) is -0.827. The van der Waals surface area contributed by atoms with E-state index in [2.05, 4.69) is 0 Å². The Balaban J connectivity index is 2.39. The van der Waals surface area contributed by atoms with E-state index in [0.29, 0.717) is 13.0 Å². The molecule has 1 aliphatic heterocycles. The average molecular weight is 132 g/mol. The standard InChI is InChI=1S/C5H9NO3/c7-3-1-4(5(8)9)6-2-3/h3-4,6-7H,1-2H2,(H,8,9)/p+1. The summed E-state index contributed by atoms with van der Waals surface area (Å²) in [7, 11) is 0. The van der Waals surface area contributed by atoms with Gasteiger partial charge in [-0.2, -0.15) is 0 Å². The monoisotopic (exact) mass is 132 g/mol. The lowest BCUT2D eigenvalue weighted by molar-refractivity contribution is -0.661. The fraction of sp³-hybridized carbons (Fsp3) is 0.800. The fourth-order valence-corrected chi connectivity index (χ4v) is 1.01. The Morgan fingerprint density at radius 3 is 2.56 bits per heavy atom. The lowest BCUT2D eigenvalue weighted by Gasteiger charge is -1.96. The maximum absolute atomic E-state index is 10.2. The second kappa shape index (κ2) is 2.33. The third-order valence-corrected chi connectivity index (χ3v) is 1.54. The molecule has 1 saturated heterocycles. The van der Waals surface area contributed by atoms with Crippen molar-refractivity contribution in [2.45, 2.75) is 18.6 Å². The van der Waals surface area contributed by atoms with Crippen LogP contribution in [0.1, 0.15) is 6.42 Å². The van der Waals surface area contributed by atoms with Gasteiger partial charge in [0, 0.05) is 6.42 Å². The van der Waals surface area contributed by atoms with Crippen molar-refractivity contribution in [2.75, 3.05) is 6.54 Å². The summed E-state index contributed by atoms with van der Waals surface area (Å²) < 4.78 is 0. The number of carboxylic acid groups (broad SMARTS) is 1. The first-order valence-electron chi connectivity index (χ1n) is 2.94. The van der Waals surface area contributed by atoms with Crippen LogP contribution in [0.2, 0.25) is 0 Å². The van der Waals surface area contributed by atoms with Crippen LogP contribution in [-0.4, -0.2) is 34.9 Å². The molecule has 1 fully saturated rings. The first kappa shape index (κ1) is 6.51. The van der Waals surface area contributed by atoms with E-state index in [1.54, 1.807) is 5.32 Å². The third kappa shape index (κ3) is 1.40. The first-order chi connectivity index (χ1) is 4.20. The summed E-state index contributed by atoms with van der Waals surface area (Å²) >= 11 is 0. The molecule has 2 unspecified atom stereocenters. The van der Waals surface area contributed by atoms with Crippen molar-refractivity contribution in [2.24, 2.45) is 0 Å². The van der Waals surface area contributed by atoms with E-state index in [1.165, 1.54) is 0 Å². The van der Waals surface area contributed by atoms with Gasteiger partial charge < -0.3 is 15.5 Å². The van der Waals surface area contributed by atoms with Crippen LogP contribution < -0.4 is 5.32 Å². The van der Waals surface area contributed by atoms with Gasteiger partial charge in [0.1, 0.15) is 12.6 Å². The number of carbonyl (C=O) groups is 1. The number of aliphatic hydroxyl groups is 1. The van der Waals surface area contributed by atoms with Crippen LogP contribution in [0.25, 0.3) is 0 Å². The summed E-state index contributed by atoms with van der Waals surface area (Å²) in [6.45, 7) is 0.525. The molecule has 1 rings (SSSR count). The van der Waals surface area contributed by atoms with Crippen molar-refractivity contribution in [3.05, 3.63) is 0 Å². The van der Waals surface area contributed by atoms with E-state index < -0.39 is 18.1 Å². The highest BCUT2D eigenvalue weighted by molar-refractivity contribution is 5.71. The second-order valence-electron chi connectivity index (χ2n) is 2.31. The summed E-state index contributed by atoms with van der Waals surface area (Å²) in [6, 6.07) is -0.417. The molecular weight excluding hydrogens is 122 g/mol. The van der Waals surface area contributed by atoms with Crippen LogP contribution in [0.3, 0.4) is 0 Å². The van der Waals surface area contributed by atoms with Crippen LogP contribution in [-0.2, 0) is 4.79 Å². The molecule has 0 aliphatic carbocycles. The van der Waals surface area contributed by atoms with Crippen LogP contribution >= 0.6 is 0 Å². The van der Waals surface area contributed by atoms with Crippen LogP contribution in [0.4, 0.5) is 0 Å². The zero-order chi connectivity index (χ0) is 6.85. The third-order valence-electron chi connectivity index (χ3n) is 1.54. The van der Waals surface area contributed by atoms with Gasteiger partial charge in [0.15, 0.2) is 6.04 Å². The van der Waals surface area contributed by atoms with Crippen molar-refractivity contribution >= 4 is 5.97 Å². The number of carboxylic acids is 1. The van der Waals surface area contributed by atoms with Gasteiger partial charge in [-0.05, 0) is 0 Å². The SMILES string of the molecule is O=C(O)C1CC(O)C[NH2+]1. The van der Waals surface area contributed by atoms with Crippen LogP contribution in [0, 0.1) is 0 Å². The number of hydrogen-bond donors (Lipinski definition) is 3. The molecule has 0 aromatic carbocycles. The van der Waals surface area contributed by atoms with Crippen LogP contribution in [0.5, 0.6) is 0 Å². The van der Waals surface area contributed by atoms with Gasteiger partial charge in [0.2, 0.25) is 0 Å². The Morgan fingerprint density at radius 1 is 1.67 bits per heavy atom. The maximum atomic E-state index is 10.2. The highest BCUT2D eigenvalue weighted by Gasteiger charge is 2.31. The Labute approximate surface area is 52.5 Å². The van der Waals surface area contributed by atoms with Crippen molar-refractivity contribution in [1.82, 2.24) is 0 Å². The van der Waals surface area contributed by atoms with Gasteiger partial charge >= 0.3 is 5.97 Å². The van der Waals surface area contributed by atoms with E-state index in [4.69, 9.17) is 10.2 Å². The molecule has 0 saturated carbocycles. The van der Waals surface area contributed by atoms with Gasteiger partial charge in [-0.25, -0.2) is 4.79 Å². The molecule has 4 nitrogen and oxygen atoms in total. The highest BCUT2D eigenvalue weighted by Crippen LogP contribution is 1.97. The van der Waals surface area contributed by atoms with E-state index >= 15 is 0 Å². The van der Waals surface area contributed by atoms with Gasteiger partial charge in [0.25, 0.3) is 0 Å². The van der Waals surface area contributed by atoms with E-state index in [0.717, 1.165) is 0 Å². The average Bonchev–Trinajstić information content (AvgIpc) is 2.14. The number of rotatable bonds is 1. The zero-order valence-corrected chi connectivity index (χ0v) is 4.95. The minimum atomic E-state index is -0.827. The molecule has 0 aromatic heterocycles. The van der Waals surface area contributed by atoms with Gasteiger partial charge in [-0.15, -0.1) is 0 Å². The molecule has 0 radical (unpaired) electrons. The summed E-state index contributed by atoms with van der Waals surface area (Å²) in [4.78, 5) is 10.2. The molecular formula is C5H10NO3+. The predicted molar refractivity (Wildman–Crippen MR) is 28.8 cm³/mol. The fourth-order valence-electron chi connectivity index (χ4n) is 1.01. The normalized spacial score (nSPS) is 34.8. The van der Waals surface area contributed by atoms with Crippen LogP contribution in [0.15, 0.2) is 0 Å². The number of quaternary nitrogens is 1. The quantitative estimate of drug-likeness (QED) is 0.378. The van der Waals surface area contributed by atoms with Gasteiger partial charge in [-0.3, -0.25) is 0 Å². The van der Waals surface area contributed by atoms with Crippen molar-refractivity contribution in [3.8, 4) is 0 Å². The lowest BCUT2D eigenvalue weighted by Crippen LogP contribution is -2.88. The second-order valence-corrected chi connectivity index (χ2v) is 2.31. The first-order valence-corrected chi connectivity index (χ1v) is 2.94. The Morgan fingerprint density at radius 2 is 2.33 bits per heavy atom. The number of hydrogen-bond acceptors (Lipinski definition) is 2. The molecule has 0 spiro atoms. The van der Waals surface area contributed by atoms with Crippen molar-refractivity contribution in [3.63, 3.8) is 0 Å². The molecule has 0 bridgehead atoms. The smallest absolute Gasteiger partial charge is 0.362 e. The minimum absolute atomic E-state index is 0.384. The summed E-state index contributed by atoms with van der Waals surface area (Å²) in [5, 5.41) is 18.9. The molecule has 4 heteroatoms. The lowest BCUT2D eigenvalue weighted by atomic mass is 10.2. The largest absolute Gasteiger partial charge is 0.477 e. The Hall–Kier alpha value is -0.610. The highest BCUT2D eigenvalue weighted by atomic mass is 16.4. The Kier molecular flexibility index (Phi) is 1.68. The predicted octanol–water partition coefficient (Wildman–Crippen LogP) is -2.23. The minimum Gasteiger partial charge on any atom is -0.477 e. The molecule has 4 N–H and O–H groups in total. The summed E-state index contributed by atoms with van der Waals surface area (Å²) in [5.41, 5.74) is 0. The zero-order valence-electron chi connectivity index (χ0n) is 4.95. The number of nitrogens with two attached hydrogens (primary N) is 1. The maximum Gasteiger partial charge on any atom is 0.362 e. The Bertz CT molecular complexity index is 125. The molecule has 1 heterocycles. The molecule has 2 atom stereocenters. The van der Waals surface area contributed by atoms with Gasteiger partial charge in [0.05, 0.1) is 0 Å². The van der Waals surface area contributed by atoms with E-state index in [-0.39, 0.29) is 0 Å². The molecule has 52 valence electrons. The molecule has 9 heavy (non-hydrogen) atoms. The van der Waals surface area contributed by atoms with E-state index in [1.807, 2.05) is 0 Å². The molecule has 1 aliphatic rings.